The third-order valence-electron chi connectivity index (χ3n) is 4.02. The van der Waals surface area contributed by atoms with Crippen molar-refractivity contribution < 1.29 is 14.3 Å². The molecule has 4 N–H and O–H groups in total. The zero-order valence-electron chi connectivity index (χ0n) is 13.9. The van der Waals surface area contributed by atoms with E-state index in [2.05, 4.69) is 10.6 Å². The maximum absolute atomic E-state index is 11.6. The van der Waals surface area contributed by atoms with Crippen molar-refractivity contribution in [1.29, 1.82) is 0 Å². The fourth-order valence-corrected chi connectivity index (χ4v) is 2.48. The molecule has 0 spiro atoms. The number of nitrogens with two attached hydrogens (primary N) is 1. The molecule has 6 heteroatoms. The van der Waals surface area contributed by atoms with Crippen molar-refractivity contribution in [2.24, 2.45) is 11.7 Å². The van der Waals surface area contributed by atoms with Crippen LogP contribution in [0.5, 0.6) is 0 Å². The Hall–Kier alpha value is -1.14. The molecule has 1 aliphatic rings. The molecule has 0 aromatic rings. The molecule has 1 aliphatic carbocycles. The number of hydrogen-bond acceptors (Lipinski definition) is 4. The van der Waals surface area contributed by atoms with Crippen LogP contribution in [-0.2, 0) is 14.3 Å². The Morgan fingerprint density at radius 2 is 1.77 bits per heavy atom. The number of ether oxygens (including phenoxy) is 1. The van der Waals surface area contributed by atoms with Crippen molar-refractivity contribution in [1.82, 2.24) is 10.6 Å². The summed E-state index contributed by atoms with van der Waals surface area (Å²) in [5.41, 5.74) is 5.70. The van der Waals surface area contributed by atoms with Crippen LogP contribution >= 0.6 is 0 Å². The maximum atomic E-state index is 11.6. The first-order valence-corrected chi connectivity index (χ1v) is 8.42. The van der Waals surface area contributed by atoms with E-state index in [1.54, 1.807) is 0 Å². The minimum absolute atomic E-state index is 0.0390. The van der Waals surface area contributed by atoms with E-state index in [0.717, 1.165) is 12.8 Å². The van der Waals surface area contributed by atoms with Gasteiger partial charge in [-0.15, -0.1) is 0 Å². The third kappa shape index (κ3) is 7.75. The largest absolute Gasteiger partial charge is 0.376 e. The van der Waals surface area contributed by atoms with Crippen molar-refractivity contribution >= 4 is 11.8 Å². The molecule has 0 aliphatic heterocycles. The van der Waals surface area contributed by atoms with Gasteiger partial charge in [0, 0.05) is 6.54 Å². The first kappa shape index (κ1) is 18.9. The molecular weight excluding hydrogens is 282 g/mol. The SMILES string of the molecule is CC(C)[C@H](N)C(=O)NCC(=O)NCCOC1CCCCCC1. The quantitative estimate of drug-likeness (QED) is 0.459. The van der Waals surface area contributed by atoms with Crippen LogP contribution in [0.3, 0.4) is 0 Å². The van der Waals surface area contributed by atoms with Gasteiger partial charge >= 0.3 is 0 Å². The van der Waals surface area contributed by atoms with Gasteiger partial charge in [0.1, 0.15) is 0 Å². The number of amides is 2. The lowest BCUT2D eigenvalue weighted by atomic mass is 10.1. The number of hydrogen-bond donors (Lipinski definition) is 3. The van der Waals surface area contributed by atoms with E-state index in [0.29, 0.717) is 19.3 Å². The summed E-state index contributed by atoms with van der Waals surface area (Å²) < 4.78 is 5.79. The highest BCUT2D eigenvalue weighted by molar-refractivity contribution is 5.87. The molecule has 1 saturated carbocycles. The lowest BCUT2D eigenvalue weighted by Crippen LogP contribution is -2.47. The van der Waals surface area contributed by atoms with E-state index in [4.69, 9.17) is 10.5 Å². The van der Waals surface area contributed by atoms with Crippen molar-refractivity contribution in [3.8, 4) is 0 Å². The zero-order chi connectivity index (χ0) is 16.4. The van der Waals surface area contributed by atoms with Gasteiger partial charge in [-0.2, -0.15) is 0 Å². The van der Waals surface area contributed by atoms with Crippen molar-refractivity contribution in [3.05, 3.63) is 0 Å². The Bertz CT molecular complexity index is 340. The molecule has 2 amide bonds. The fraction of sp³-hybridized carbons (Fsp3) is 0.875. The first-order chi connectivity index (χ1) is 10.5. The highest BCUT2D eigenvalue weighted by atomic mass is 16.5. The summed E-state index contributed by atoms with van der Waals surface area (Å²) in [5.74, 6) is -0.454. The standard InChI is InChI=1S/C16H31N3O3/c1-12(2)15(17)16(21)19-11-14(20)18-9-10-22-13-7-5-3-4-6-8-13/h12-13,15H,3-11,17H2,1-2H3,(H,18,20)(H,19,21)/t15-/m0/s1. The normalized spacial score (nSPS) is 17.8. The van der Waals surface area contributed by atoms with Gasteiger partial charge in [0.05, 0.1) is 25.3 Å². The molecule has 0 unspecified atom stereocenters. The second kappa shape index (κ2) is 10.6. The Morgan fingerprint density at radius 1 is 1.14 bits per heavy atom. The molecule has 0 saturated heterocycles. The molecular formula is C16H31N3O3. The Labute approximate surface area is 133 Å². The smallest absolute Gasteiger partial charge is 0.239 e. The molecule has 0 aromatic carbocycles. The van der Waals surface area contributed by atoms with Crippen LogP contribution in [0.2, 0.25) is 0 Å². The molecule has 0 bridgehead atoms. The van der Waals surface area contributed by atoms with Gasteiger partial charge in [0.2, 0.25) is 11.8 Å². The molecule has 6 nitrogen and oxygen atoms in total. The van der Waals surface area contributed by atoms with E-state index in [9.17, 15) is 9.59 Å². The lowest BCUT2D eigenvalue weighted by Gasteiger charge is -2.16. The second-order valence-electron chi connectivity index (χ2n) is 6.32. The number of rotatable bonds is 8. The van der Waals surface area contributed by atoms with Crippen molar-refractivity contribution in [2.75, 3.05) is 19.7 Å². The van der Waals surface area contributed by atoms with Crippen LogP contribution in [0.4, 0.5) is 0 Å². The van der Waals surface area contributed by atoms with E-state index in [-0.39, 0.29) is 24.3 Å². The van der Waals surface area contributed by atoms with Gasteiger partial charge in [-0.1, -0.05) is 39.5 Å². The fourth-order valence-electron chi connectivity index (χ4n) is 2.48. The van der Waals surface area contributed by atoms with Crippen LogP contribution in [0.25, 0.3) is 0 Å². The van der Waals surface area contributed by atoms with Crippen LogP contribution in [0.15, 0.2) is 0 Å². The number of nitrogens with one attached hydrogen (secondary N) is 2. The van der Waals surface area contributed by atoms with E-state index in [1.807, 2.05) is 13.8 Å². The minimum Gasteiger partial charge on any atom is -0.376 e. The van der Waals surface area contributed by atoms with Gasteiger partial charge in [-0.25, -0.2) is 0 Å². The van der Waals surface area contributed by atoms with Crippen LogP contribution in [0, 0.1) is 5.92 Å². The van der Waals surface area contributed by atoms with Crippen molar-refractivity contribution in [3.63, 3.8) is 0 Å². The van der Waals surface area contributed by atoms with E-state index >= 15 is 0 Å². The predicted octanol–water partition coefficient (Wildman–Crippen LogP) is 0.942. The van der Waals surface area contributed by atoms with Gasteiger partial charge in [-0.3, -0.25) is 9.59 Å². The molecule has 0 aromatic heterocycles. The Kier molecular flexibility index (Phi) is 9.08. The van der Waals surface area contributed by atoms with Crippen LogP contribution in [0.1, 0.15) is 52.4 Å². The summed E-state index contributed by atoms with van der Waals surface area (Å²) in [6.45, 7) is 4.70. The van der Waals surface area contributed by atoms with E-state index in [1.165, 1.54) is 25.7 Å². The summed E-state index contributed by atoms with van der Waals surface area (Å²) >= 11 is 0. The van der Waals surface area contributed by atoms with Crippen molar-refractivity contribution in [2.45, 2.75) is 64.5 Å². The molecule has 22 heavy (non-hydrogen) atoms. The summed E-state index contributed by atoms with van der Waals surface area (Å²) in [4.78, 5) is 23.2. The third-order valence-corrected chi connectivity index (χ3v) is 4.02. The Balaban J connectivity index is 2.06. The number of carbonyl (C=O) groups is 2. The second-order valence-corrected chi connectivity index (χ2v) is 6.32. The molecule has 1 rings (SSSR count). The Morgan fingerprint density at radius 3 is 2.36 bits per heavy atom. The average molecular weight is 313 g/mol. The highest BCUT2D eigenvalue weighted by Gasteiger charge is 2.17. The van der Waals surface area contributed by atoms with Gasteiger partial charge < -0.3 is 21.1 Å². The average Bonchev–Trinajstić information content (AvgIpc) is 2.77. The lowest BCUT2D eigenvalue weighted by molar-refractivity contribution is -0.127. The molecule has 128 valence electrons. The minimum atomic E-state index is -0.577. The summed E-state index contributed by atoms with van der Waals surface area (Å²) in [7, 11) is 0. The highest BCUT2D eigenvalue weighted by Crippen LogP contribution is 2.19. The molecule has 0 heterocycles. The maximum Gasteiger partial charge on any atom is 0.239 e. The zero-order valence-corrected chi connectivity index (χ0v) is 13.9. The van der Waals surface area contributed by atoms with Gasteiger partial charge in [-0.05, 0) is 18.8 Å². The molecule has 1 atom stereocenters. The summed E-state index contributed by atoms with van der Waals surface area (Å²) in [6, 6.07) is -0.577. The van der Waals surface area contributed by atoms with E-state index < -0.39 is 6.04 Å². The molecule has 0 radical (unpaired) electrons. The first-order valence-electron chi connectivity index (χ1n) is 8.42. The topological polar surface area (TPSA) is 93.5 Å². The van der Waals surface area contributed by atoms with Crippen LogP contribution in [-0.4, -0.2) is 43.7 Å². The summed E-state index contributed by atoms with van der Waals surface area (Å²) in [6.07, 6.45) is 7.65. The van der Waals surface area contributed by atoms with Crippen LogP contribution < -0.4 is 16.4 Å². The predicted molar refractivity (Wildman–Crippen MR) is 86.3 cm³/mol. The monoisotopic (exact) mass is 313 g/mol. The van der Waals surface area contributed by atoms with Gasteiger partial charge in [0.25, 0.3) is 0 Å². The number of carbonyl (C=O) groups excluding carboxylic acids is 2. The summed E-state index contributed by atoms with van der Waals surface area (Å²) in [5, 5.41) is 5.29. The molecule has 1 fully saturated rings. The van der Waals surface area contributed by atoms with Gasteiger partial charge in [0.15, 0.2) is 0 Å².